The van der Waals surface area contributed by atoms with E-state index in [1.807, 2.05) is 0 Å². The molecule has 0 bridgehead atoms. The van der Waals surface area contributed by atoms with Gasteiger partial charge in [-0.2, -0.15) is 0 Å². The molecule has 0 aromatic heterocycles. The van der Waals surface area contributed by atoms with E-state index in [2.05, 4.69) is 42.9 Å². The molecule has 1 radical (unpaired) electrons. The van der Waals surface area contributed by atoms with Gasteiger partial charge in [-0.1, -0.05) is 36.5 Å². The van der Waals surface area contributed by atoms with E-state index in [1.54, 1.807) is 0 Å². The molecule has 0 heterocycles. The van der Waals surface area contributed by atoms with Gasteiger partial charge in [0.25, 0.3) is 0 Å². The number of allylic oxidation sites excluding steroid dienone is 6. The summed E-state index contributed by atoms with van der Waals surface area (Å²) >= 11 is 0. The van der Waals surface area contributed by atoms with Gasteiger partial charge in [0, 0.05) is 0 Å². The van der Waals surface area contributed by atoms with E-state index >= 15 is 0 Å². The van der Waals surface area contributed by atoms with Crippen LogP contribution >= 0.6 is 0 Å². The molecular weight excluding hydrogens is 156 g/mol. The second-order valence-electron chi connectivity index (χ2n) is 3.36. The third-order valence-corrected chi connectivity index (χ3v) is 2.14. The minimum absolute atomic E-state index is 1.07. The predicted octanol–water partition coefficient (Wildman–Crippen LogP) is 4.21. The topological polar surface area (TPSA) is 0 Å². The van der Waals surface area contributed by atoms with Crippen LogP contribution in [0.15, 0.2) is 36.5 Å². The van der Waals surface area contributed by atoms with Gasteiger partial charge in [0.05, 0.1) is 0 Å². The zero-order chi connectivity index (χ0) is 9.19. The fraction of sp³-hybridized carbons (Fsp3) is 0.462. The minimum atomic E-state index is 1.07. The van der Waals surface area contributed by atoms with E-state index in [0.717, 1.165) is 6.42 Å². The van der Waals surface area contributed by atoms with Crippen LogP contribution in [0.2, 0.25) is 0 Å². The summed E-state index contributed by atoms with van der Waals surface area (Å²) < 4.78 is 0. The lowest BCUT2D eigenvalue weighted by Gasteiger charge is -1.95. The van der Waals surface area contributed by atoms with Crippen molar-refractivity contribution in [1.29, 1.82) is 0 Å². The summed E-state index contributed by atoms with van der Waals surface area (Å²) in [5.74, 6) is 0. The molecule has 0 fully saturated rings. The summed E-state index contributed by atoms with van der Waals surface area (Å²) in [7, 11) is 0. The van der Waals surface area contributed by atoms with E-state index in [0.29, 0.717) is 0 Å². The van der Waals surface area contributed by atoms with E-state index in [-0.39, 0.29) is 0 Å². The van der Waals surface area contributed by atoms with Gasteiger partial charge in [-0.3, -0.25) is 0 Å². The zero-order valence-corrected chi connectivity index (χ0v) is 8.28. The van der Waals surface area contributed by atoms with Crippen LogP contribution in [0.5, 0.6) is 0 Å². The van der Waals surface area contributed by atoms with Gasteiger partial charge in [0.2, 0.25) is 0 Å². The Labute approximate surface area is 82.0 Å². The van der Waals surface area contributed by atoms with Gasteiger partial charge >= 0.3 is 0 Å². The summed E-state index contributed by atoms with van der Waals surface area (Å²) in [6.45, 7) is 0. The van der Waals surface area contributed by atoms with Gasteiger partial charge in [-0.25, -0.2) is 0 Å². The summed E-state index contributed by atoms with van der Waals surface area (Å²) in [6.07, 6.45) is 23.0. The van der Waals surface area contributed by atoms with Gasteiger partial charge in [0.15, 0.2) is 0 Å². The molecule has 0 aromatic carbocycles. The molecule has 13 heavy (non-hydrogen) atoms. The van der Waals surface area contributed by atoms with Crippen LogP contribution in [0.25, 0.3) is 0 Å². The summed E-state index contributed by atoms with van der Waals surface area (Å²) in [4.78, 5) is 0. The Balaban J connectivity index is 2.29. The molecule has 71 valence electrons. The number of hydrogen-bond acceptors (Lipinski definition) is 0. The van der Waals surface area contributed by atoms with E-state index in [1.165, 1.54) is 32.1 Å². The number of hydrogen-bond donors (Lipinski definition) is 0. The molecule has 0 unspecified atom stereocenters. The molecule has 0 atom stereocenters. The highest BCUT2D eigenvalue weighted by Gasteiger charge is 1.87. The van der Waals surface area contributed by atoms with Crippen molar-refractivity contribution in [2.75, 3.05) is 0 Å². The van der Waals surface area contributed by atoms with Crippen molar-refractivity contribution in [3.63, 3.8) is 0 Å². The van der Waals surface area contributed by atoms with Crippen molar-refractivity contribution in [2.45, 2.75) is 38.5 Å². The second kappa shape index (κ2) is 7.85. The smallest absolute Gasteiger partial charge is 0.0166 e. The zero-order valence-electron chi connectivity index (χ0n) is 8.28. The molecule has 0 aromatic rings. The maximum absolute atomic E-state index is 2.41. The average Bonchev–Trinajstić information content (AvgIpc) is 2.18. The Morgan fingerprint density at radius 2 is 1.54 bits per heavy atom. The van der Waals surface area contributed by atoms with Crippen molar-refractivity contribution in [1.82, 2.24) is 0 Å². The maximum Gasteiger partial charge on any atom is -0.0166 e. The first-order valence-corrected chi connectivity index (χ1v) is 5.28. The molecule has 1 rings (SSSR count). The summed E-state index contributed by atoms with van der Waals surface area (Å²) in [5, 5.41) is 0. The third-order valence-electron chi connectivity index (χ3n) is 2.14. The first kappa shape index (κ1) is 10.3. The Morgan fingerprint density at radius 3 is 2.54 bits per heavy atom. The quantitative estimate of drug-likeness (QED) is 0.484. The molecule has 0 amide bonds. The molecule has 0 aliphatic heterocycles. The van der Waals surface area contributed by atoms with Crippen LogP contribution < -0.4 is 0 Å². The van der Waals surface area contributed by atoms with Crippen LogP contribution in [0.4, 0.5) is 0 Å². The van der Waals surface area contributed by atoms with Crippen molar-refractivity contribution < 1.29 is 0 Å². The lowest BCUT2D eigenvalue weighted by atomic mass is 10.1. The molecule has 1 aliphatic rings. The normalized spacial score (nSPS) is 27.7. The molecule has 0 heteroatoms. The molecule has 1 aliphatic carbocycles. The molecule has 0 saturated heterocycles. The first-order valence-electron chi connectivity index (χ1n) is 5.28. The lowest BCUT2D eigenvalue weighted by molar-refractivity contribution is 0.779. The predicted molar refractivity (Wildman–Crippen MR) is 59.4 cm³/mol. The van der Waals surface area contributed by atoms with Crippen molar-refractivity contribution in [3.8, 4) is 0 Å². The second-order valence-corrected chi connectivity index (χ2v) is 3.36. The highest BCUT2D eigenvalue weighted by Crippen LogP contribution is 2.06. The molecule has 0 nitrogen and oxygen atoms in total. The Hall–Kier alpha value is -0.780. The van der Waals surface area contributed by atoms with Crippen LogP contribution in [-0.2, 0) is 0 Å². The fourth-order valence-electron chi connectivity index (χ4n) is 1.36. The summed E-state index contributed by atoms with van der Waals surface area (Å²) in [5.41, 5.74) is 0. The van der Waals surface area contributed by atoms with E-state index < -0.39 is 0 Å². The van der Waals surface area contributed by atoms with E-state index in [9.17, 15) is 0 Å². The fourth-order valence-corrected chi connectivity index (χ4v) is 1.36. The first-order chi connectivity index (χ1) is 6.50. The SMILES string of the molecule is [CH]1CC/C=C/C/C=C\C=C\CCC1. The highest BCUT2D eigenvalue weighted by atomic mass is 13.9. The largest absolute Gasteiger partial charge is 0.0882 e. The van der Waals surface area contributed by atoms with Gasteiger partial charge in [0.1, 0.15) is 0 Å². The minimum Gasteiger partial charge on any atom is -0.0882 e. The van der Waals surface area contributed by atoms with Crippen molar-refractivity contribution >= 4 is 0 Å². The maximum atomic E-state index is 2.41. The van der Waals surface area contributed by atoms with Gasteiger partial charge in [-0.05, 0) is 44.9 Å². The van der Waals surface area contributed by atoms with Crippen LogP contribution in [-0.4, -0.2) is 0 Å². The lowest BCUT2D eigenvalue weighted by Crippen LogP contribution is -1.77. The van der Waals surface area contributed by atoms with Crippen molar-refractivity contribution in [2.24, 2.45) is 0 Å². The molecular formula is C13H19. The average molecular weight is 175 g/mol. The third kappa shape index (κ3) is 6.39. The Bertz CT molecular complexity index is 184. The molecule has 0 saturated carbocycles. The Kier molecular flexibility index (Phi) is 6.22. The van der Waals surface area contributed by atoms with Crippen molar-refractivity contribution in [3.05, 3.63) is 42.9 Å². The monoisotopic (exact) mass is 175 g/mol. The van der Waals surface area contributed by atoms with Gasteiger partial charge in [-0.15, -0.1) is 0 Å². The molecule has 0 spiro atoms. The van der Waals surface area contributed by atoms with Crippen LogP contribution in [0.3, 0.4) is 0 Å². The van der Waals surface area contributed by atoms with Gasteiger partial charge < -0.3 is 0 Å². The molecule has 0 N–H and O–H groups in total. The Morgan fingerprint density at radius 1 is 0.615 bits per heavy atom. The van der Waals surface area contributed by atoms with Crippen LogP contribution in [0.1, 0.15) is 38.5 Å². The van der Waals surface area contributed by atoms with Crippen LogP contribution in [0, 0.1) is 6.42 Å². The highest BCUT2D eigenvalue weighted by molar-refractivity contribution is 5.05. The van der Waals surface area contributed by atoms with E-state index in [4.69, 9.17) is 0 Å². The number of rotatable bonds is 0. The summed E-state index contributed by atoms with van der Waals surface area (Å²) in [6, 6.07) is 0. The standard InChI is InChI=1S/C13H19/c1-2-4-6-8-10-12-13-11-9-7-5-3-1/h1-4,7,9,12H,5-6,8,10-11,13H2/b3-1-,4-2+,9-7+.